The Labute approximate surface area is 96.4 Å². The largest absolute Gasteiger partial charge is 0.465 e. The van der Waals surface area contributed by atoms with Crippen LogP contribution in [0.3, 0.4) is 0 Å². The molecule has 0 amide bonds. The van der Waals surface area contributed by atoms with Crippen LogP contribution in [0.15, 0.2) is 12.1 Å². The molecule has 0 fully saturated rings. The zero-order valence-electron chi connectivity index (χ0n) is 9.16. The van der Waals surface area contributed by atoms with Gasteiger partial charge in [-0.05, 0) is 24.6 Å². The Hall–Kier alpha value is -2.16. The lowest BCUT2D eigenvalue weighted by Crippen LogP contribution is -2.10. The highest BCUT2D eigenvalue weighted by Crippen LogP contribution is 2.25. The average Bonchev–Trinajstić information content (AvgIpc) is 2.27. The molecule has 0 saturated heterocycles. The van der Waals surface area contributed by atoms with E-state index in [1.807, 2.05) is 6.07 Å². The van der Waals surface area contributed by atoms with Crippen LogP contribution in [0.1, 0.15) is 21.5 Å². The molecule has 0 heterocycles. The van der Waals surface area contributed by atoms with Gasteiger partial charge in [-0.2, -0.15) is 14.0 Å². The second kappa shape index (κ2) is 5.25. The van der Waals surface area contributed by atoms with Crippen LogP contribution in [0, 0.1) is 18.3 Å². The fourth-order valence-corrected chi connectivity index (χ4v) is 1.26. The molecule has 0 saturated carbocycles. The van der Waals surface area contributed by atoms with Crippen molar-refractivity contribution in [3.63, 3.8) is 0 Å². The lowest BCUT2D eigenvalue weighted by molar-refractivity contribution is -0.0504. The van der Waals surface area contributed by atoms with E-state index in [1.165, 1.54) is 12.1 Å². The smallest absolute Gasteiger partial charge is 0.387 e. The van der Waals surface area contributed by atoms with Gasteiger partial charge >= 0.3 is 12.6 Å². The summed E-state index contributed by atoms with van der Waals surface area (Å²) in [6.45, 7) is -1.50. The zero-order valence-corrected chi connectivity index (χ0v) is 9.16. The maximum atomic E-state index is 12.1. The van der Waals surface area contributed by atoms with Crippen LogP contribution < -0.4 is 4.74 Å². The molecule has 0 spiro atoms. The molecular weight excluding hydrogens is 232 g/mol. The number of rotatable bonds is 3. The number of nitriles is 1. The van der Waals surface area contributed by atoms with Gasteiger partial charge in [0.05, 0.1) is 18.7 Å². The highest BCUT2D eigenvalue weighted by Gasteiger charge is 2.18. The fraction of sp³-hybridized carbons (Fsp3) is 0.273. The normalized spacial score (nSPS) is 9.88. The number of hydrogen-bond donors (Lipinski definition) is 0. The van der Waals surface area contributed by atoms with Crippen LogP contribution in [0.2, 0.25) is 0 Å². The monoisotopic (exact) mass is 241 g/mol. The van der Waals surface area contributed by atoms with E-state index in [-0.39, 0.29) is 16.9 Å². The molecule has 0 aromatic heterocycles. The maximum Gasteiger partial charge on any atom is 0.387 e. The molecule has 1 aromatic carbocycles. The number of ether oxygens (including phenoxy) is 2. The Morgan fingerprint density at radius 3 is 2.59 bits per heavy atom. The Balaban J connectivity index is 3.32. The predicted molar refractivity (Wildman–Crippen MR) is 53.9 cm³/mol. The number of carbonyl (C=O) groups excluding carboxylic acids is 1. The summed E-state index contributed by atoms with van der Waals surface area (Å²) >= 11 is 0. The molecule has 0 N–H and O–H groups in total. The number of carbonyl (C=O) groups is 1. The number of hydrogen-bond acceptors (Lipinski definition) is 4. The van der Waals surface area contributed by atoms with E-state index in [2.05, 4.69) is 9.47 Å². The standard InChI is InChI=1S/C11H9F2NO3/c1-6-3-9(17-11(12)13)8(10(15)16-2)4-7(6)5-14/h3-4,11H,1-2H3. The zero-order chi connectivity index (χ0) is 13.0. The molecule has 0 aliphatic carbocycles. The quantitative estimate of drug-likeness (QED) is 0.761. The van der Waals surface area contributed by atoms with Crippen LogP contribution in [0.5, 0.6) is 5.75 Å². The molecule has 90 valence electrons. The van der Waals surface area contributed by atoms with Crippen molar-refractivity contribution in [2.75, 3.05) is 7.11 Å². The first kappa shape index (κ1) is 12.9. The second-order valence-electron chi connectivity index (χ2n) is 3.15. The van der Waals surface area contributed by atoms with Gasteiger partial charge in [-0.3, -0.25) is 0 Å². The molecule has 0 atom stereocenters. The van der Waals surface area contributed by atoms with Crippen LogP contribution >= 0.6 is 0 Å². The molecule has 0 aliphatic heterocycles. The van der Waals surface area contributed by atoms with Gasteiger partial charge < -0.3 is 9.47 Å². The highest BCUT2D eigenvalue weighted by atomic mass is 19.3. The summed E-state index contributed by atoms with van der Waals surface area (Å²) in [6, 6.07) is 4.22. The molecule has 1 aromatic rings. The van der Waals surface area contributed by atoms with Gasteiger partial charge in [0.2, 0.25) is 0 Å². The second-order valence-corrected chi connectivity index (χ2v) is 3.15. The van der Waals surface area contributed by atoms with Crippen molar-refractivity contribution >= 4 is 5.97 Å². The minimum Gasteiger partial charge on any atom is -0.465 e. The SMILES string of the molecule is COC(=O)c1cc(C#N)c(C)cc1OC(F)F. The van der Waals surface area contributed by atoms with Crippen LogP contribution in [0.25, 0.3) is 0 Å². The van der Waals surface area contributed by atoms with Crippen molar-refractivity contribution in [3.8, 4) is 11.8 Å². The molecule has 0 bridgehead atoms. The van der Waals surface area contributed by atoms with Crippen molar-refractivity contribution in [2.45, 2.75) is 13.5 Å². The van der Waals surface area contributed by atoms with Gasteiger partial charge in [-0.1, -0.05) is 0 Å². The van der Waals surface area contributed by atoms with Crippen LogP contribution in [0.4, 0.5) is 8.78 Å². The Morgan fingerprint density at radius 1 is 1.47 bits per heavy atom. The third-order valence-corrected chi connectivity index (χ3v) is 2.07. The molecule has 4 nitrogen and oxygen atoms in total. The summed E-state index contributed by atoms with van der Waals surface area (Å²) in [5.41, 5.74) is 0.442. The minimum absolute atomic E-state index is 0.199. The summed E-state index contributed by atoms with van der Waals surface area (Å²) < 4.78 is 32.9. The van der Waals surface area contributed by atoms with E-state index in [1.54, 1.807) is 6.92 Å². The molecule has 0 aliphatic rings. The summed E-state index contributed by atoms with van der Waals surface area (Å²) in [5, 5.41) is 8.78. The molecular formula is C11H9F2NO3. The number of nitrogens with zero attached hydrogens (tertiary/aromatic N) is 1. The highest BCUT2D eigenvalue weighted by molar-refractivity contribution is 5.93. The van der Waals surface area contributed by atoms with Crippen molar-refractivity contribution in [2.24, 2.45) is 0 Å². The molecule has 0 unspecified atom stereocenters. The average molecular weight is 241 g/mol. The van der Waals surface area contributed by atoms with Crippen molar-refractivity contribution in [3.05, 3.63) is 28.8 Å². The van der Waals surface area contributed by atoms with Crippen molar-refractivity contribution in [1.29, 1.82) is 5.26 Å². The molecule has 0 radical (unpaired) electrons. The van der Waals surface area contributed by atoms with E-state index >= 15 is 0 Å². The van der Waals surface area contributed by atoms with E-state index in [0.717, 1.165) is 7.11 Å². The van der Waals surface area contributed by atoms with E-state index in [9.17, 15) is 13.6 Å². The number of methoxy groups -OCH3 is 1. The molecule has 6 heteroatoms. The van der Waals surface area contributed by atoms with Gasteiger partial charge in [0, 0.05) is 0 Å². The van der Waals surface area contributed by atoms with Gasteiger partial charge in [0.15, 0.2) is 0 Å². The summed E-state index contributed by atoms with van der Waals surface area (Å²) in [6.07, 6.45) is 0. The van der Waals surface area contributed by atoms with E-state index < -0.39 is 12.6 Å². The predicted octanol–water partition coefficient (Wildman–Crippen LogP) is 2.25. The Morgan fingerprint density at radius 2 is 2.12 bits per heavy atom. The van der Waals surface area contributed by atoms with Crippen molar-refractivity contribution in [1.82, 2.24) is 0 Å². The fourth-order valence-electron chi connectivity index (χ4n) is 1.26. The number of alkyl halides is 2. The first-order chi connectivity index (χ1) is 7.99. The van der Waals surface area contributed by atoms with Gasteiger partial charge in [0.1, 0.15) is 11.3 Å². The number of esters is 1. The number of aryl methyl sites for hydroxylation is 1. The molecule has 17 heavy (non-hydrogen) atoms. The van der Waals surface area contributed by atoms with Gasteiger partial charge in [-0.25, -0.2) is 4.79 Å². The summed E-state index contributed by atoms with van der Waals surface area (Å²) in [7, 11) is 1.11. The third kappa shape index (κ3) is 2.91. The van der Waals surface area contributed by atoms with Crippen molar-refractivity contribution < 1.29 is 23.0 Å². The van der Waals surface area contributed by atoms with Crippen LogP contribution in [-0.2, 0) is 4.74 Å². The Kier molecular flexibility index (Phi) is 3.99. The van der Waals surface area contributed by atoms with Gasteiger partial charge in [-0.15, -0.1) is 0 Å². The van der Waals surface area contributed by atoms with E-state index in [4.69, 9.17) is 5.26 Å². The summed E-state index contributed by atoms with van der Waals surface area (Å²) in [5.74, 6) is -1.14. The number of benzene rings is 1. The third-order valence-electron chi connectivity index (χ3n) is 2.07. The van der Waals surface area contributed by atoms with Crippen LogP contribution in [-0.4, -0.2) is 19.7 Å². The first-order valence-electron chi connectivity index (χ1n) is 4.57. The Bertz CT molecular complexity index is 480. The number of halogens is 2. The first-order valence-corrected chi connectivity index (χ1v) is 4.57. The van der Waals surface area contributed by atoms with E-state index in [0.29, 0.717) is 5.56 Å². The maximum absolute atomic E-state index is 12.1. The lowest BCUT2D eigenvalue weighted by atomic mass is 10.0. The lowest BCUT2D eigenvalue weighted by Gasteiger charge is -2.11. The minimum atomic E-state index is -3.05. The summed E-state index contributed by atoms with van der Waals surface area (Å²) in [4.78, 5) is 11.3. The molecule has 1 rings (SSSR count). The van der Waals surface area contributed by atoms with Gasteiger partial charge in [0.25, 0.3) is 0 Å². The topological polar surface area (TPSA) is 59.3 Å².